The summed E-state index contributed by atoms with van der Waals surface area (Å²) in [6.07, 6.45) is 0.854. The van der Waals surface area contributed by atoms with E-state index in [9.17, 15) is 9.13 Å². The Labute approximate surface area is 145 Å². The first kappa shape index (κ1) is 19.3. The average Bonchev–Trinajstić information content (AvgIpc) is 2.59. The molecular weight excluding hydrogens is 406 g/mol. The highest BCUT2D eigenvalue weighted by molar-refractivity contribution is 9.10. The zero-order valence-electron chi connectivity index (χ0n) is 13.5. The molecule has 0 saturated heterocycles. The first-order chi connectivity index (χ1) is 10.8. The molecule has 0 N–H and O–H groups in total. The lowest BCUT2D eigenvalue weighted by atomic mass is 9.91. The van der Waals surface area contributed by atoms with Crippen LogP contribution in [0, 0.1) is 0 Å². The van der Waals surface area contributed by atoms with Crippen molar-refractivity contribution in [3.05, 3.63) is 33.8 Å². The lowest BCUT2D eigenvalue weighted by Gasteiger charge is -2.36. The number of halogens is 1. The number of fused-ring (bicyclic) bond motifs is 1. The van der Waals surface area contributed by atoms with Crippen LogP contribution in [0.25, 0.3) is 0 Å². The van der Waals surface area contributed by atoms with Crippen molar-refractivity contribution in [2.75, 3.05) is 28.4 Å². The molecule has 1 aliphatic carbocycles. The summed E-state index contributed by atoms with van der Waals surface area (Å²) in [5, 5.41) is 0. The summed E-state index contributed by atoms with van der Waals surface area (Å²) in [5.41, 5.74) is 0.886. The fraction of sp³-hybridized carbons (Fsp3) is 0.571. The minimum Gasteiger partial charge on any atom is -0.312 e. The van der Waals surface area contributed by atoms with Crippen molar-refractivity contribution in [1.29, 1.82) is 0 Å². The summed E-state index contributed by atoms with van der Waals surface area (Å²) < 4.78 is 47.4. The van der Waals surface area contributed by atoms with Gasteiger partial charge in [-0.2, -0.15) is 0 Å². The summed E-state index contributed by atoms with van der Waals surface area (Å²) in [6.45, 7) is 0. The van der Waals surface area contributed by atoms with Gasteiger partial charge in [-0.1, -0.05) is 22.0 Å². The largest absolute Gasteiger partial charge is 0.337 e. The van der Waals surface area contributed by atoms with Crippen molar-refractivity contribution in [2.45, 2.75) is 24.2 Å². The SMILES string of the molecule is COP(=O)(OC)C1Cc2ccc(Br)cc2C(P(=O)(OC)OC)C1. The van der Waals surface area contributed by atoms with Crippen molar-refractivity contribution >= 4 is 31.1 Å². The first-order valence-electron chi connectivity index (χ1n) is 7.04. The molecule has 9 heteroatoms. The van der Waals surface area contributed by atoms with Gasteiger partial charge in [-0.25, -0.2) is 0 Å². The molecule has 2 rings (SSSR count). The highest BCUT2D eigenvalue weighted by atomic mass is 79.9. The van der Waals surface area contributed by atoms with Gasteiger partial charge in [0.25, 0.3) is 0 Å². The predicted molar refractivity (Wildman–Crippen MR) is 92.2 cm³/mol. The van der Waals surface area contributed by atoms with Crippen molar-refractivity contribution < 1.29 is 27.2 Å². The van der Waals surface area contributed by atoms with E-state index in [1.807, 2.05) is 18.2 Å². The highest BCUT2D eigenvalue weighted by Gasteiger charge is 2.47. The predicted octanol–water partition coefficient (Wildman–Crippen LogP) is 4.78. The van der Waals surface area contributed by atoms with Crippen molar-refractivity contribution in [3.63, 3.8) is 0 Å². The van der Waals surface area contributed by atoms with Crippen LogP contribution in [0.1, 0.15) is 23.2 Å². The molecule has 23 heavy (non-hydrogen) atoms. The minimum absolute atomic E-state index is 0.335. The normalized spacial score (nSPS) is 22.0. The van der Waals surface area contributed by atoms with Crippen LogP contribution in [-0.4, -0.2) is 34.1 Å². The maximum Gasteiger partial charge on any atom is 0.337 e. The van der Waals surface area contributed by atoms with E-state index >= 15 is 0 Å². The molecule has 0 heterocycles. The third-order valence-corrected chi connectivity index (χ3v) is 9.33. The van der Waals surface area contributed by atoms with E-state index in [0.29, 0.717) is 12.8 Å². The van der Waals surface area contributed by atoms with E-state index in [-0.39, 0.29) is 0 Å². The molecule has 0 aromatic heterocycles. The summed E-state index contributed by atoms with van der Waals surface area (Å²) >= 11 is 3.43. The van der Waals surface area contributed by atoms with Gasteiger partial charge in [0.2, 0.25) is 0 Å². The van der Waals surface area contributed by atoms with Gasteiger partial charge in [-0.05, 0) is 36.1 Å². The van der Waals surface area contributed by atoms with E-state index < -0.39 is 26.5 Å². The second kappa shape index (κ2) is 7.49. The van der Waals surface area contributed by atoms with Gasteiger partial charge in [0.15, 0.2) is 0 Å². The smallest absolute Gasteiger partial charge is 0.312 e. The van der Waals surface area contributed by atoms with Crippen LogP contribution >= 0.6 is 31.1 Å². The molecule has 0 fully saturated rings. The van der Waals surface area contributed by atoms with Gasteiger partial charge in [0, 0.05) is 32.9 Å². The second-order valence-corrected chi connectivity index (χ2v) is 11.2. The Morgan fingerprint density at radius 3 is 2.09 bits per heavy atom. The van der Waals surface area contributed by atoms with Crippen LogP contribution in [-0.2, 0) is 33.6 Å². The quantitative estimate of drug-likeness (QED) is 0.609. The molecule has 1 aromatic rings. The number of rotatable bonds is 6. The topological polar surface area (TPSA) is 71.1 Å². The Balaban J connectivity index is 2.55. The molecule has 0 radical (unpaired) electrons. The van der Waals surface area contributed by atoms with Crippen LogP contribution < -0.4 is 0 Å². The molecule has 0 amide bonds. The lowest BCUT2D eigenvalue weighted by molar-refractivity contribution is 0.249. The Morgan fingerprint density at radius 2 is 1.57 bits per heavy atom. The molecule has 1 aromatic carbocycles. The van der Waals surface area contributed by atoms with Gasteiger partial charge in [0.05, 0.1) is 11.3 Å². The van der Waals surface area contributed by atoms with Gasteiger partial charge in [-0.15, -0.1) is 0 Å². The van der Waals surface area contributed by atoms with Crippen molar-refractivity contribution in [2.24, 2.45) is 0 Å². The Hall–Kier alpha value is -0.0000000000000000416. The fourth-order valence-electron chi connectivity index (χ4n) is 3.03. The molecule has 0 bridgehead atoms. The van der Waals surface area contributed by atoms with E-state index in [1.54, 1.807) is 0 Å². The van der Waals surface area contributed by atoms with E-state index in [4.69, 9.17) is 18.1 Å². The monoisotopic (exact) mass is 426 g/mol. The zero-order valence-corrected chi connectivity index (χ0v) is 16.9. The van der Waals surface area contributed by atoms with E-state index in [0.717, 1.165) is 15.6 Å². The van der Waals surface area contributed by atoms with Gasteiger partial charge >= 0.3 is 15.2 Å². The van der Waals surface area contributed by atoms with Crippen molar-refractivity contribution in [3.8, 4) is 0 Å². The maximum absolute atomic E-state index is 13.0. The molecule has 1 aliphatic rings. The Morgan fingerprint density at radius 1 is 1.00 bits per heavy atom. The van der Waals surface area contributed by atoms with Crippen molar-refractivity contribution in [1.82, 2.24) is 0 Å². The van der Waals surface area contributed by atoms with E-state index in [1.165, 1.54) is 28.4 Å². The van der Waals surface area contributed by atoms with Gasteiger partial charge in [0.1, 0.15) is 0 Å². The molecule has 0 aliphatic heterocycles. The Kier molecular flexibility index (Phi) is 6.29. The van der Waals surface area contributed by atoms with Crippen LogP contribution in [0.5, 0.6) is 0 Å². The highest BCUT2D eigenvalue weighted by Crippen LogP contribution is 2.67. The van der Waals surface area contributed by atoms with Crippen LogP contribution in [0.2, 0.25) is 0 Å². The third kappa shape index (κ3) is 3.67. The molecular formula is C14H21BrO6P2. The summed E-state index contributed by atoms with van der Waals surface area (Å²) in [4.78, 5) is 0. The molecule has 2 atom stereocenters. The minimum atomic E-state index is -3.39. The Bertz CT molecular complexity index is 649. The van der Waals surface area contributed by atoms with E-state index in [2.05, 4.69) is 15.9 Å². The average molecular weight is 427 g/mol. The van der Waals surface area contributed by atoms with Crippen LogP contribution in [0.4, 0.5) is 0 Å². The lowest BCUT2D eigenvalue weighted by Crippen LogP contribution is -2.25. The number of hydrogen-bond donors (Lipinski definition) is 0. The van der Waals surface area contributed by atoms with Crippen LogP contribution in [0.3, 0.4) is 0 Å². The molecule has 6 nitrogen and oxygen atoms in total. The summed E-state index contributed by atoms with van der Waals surface area (Å²) in [6, 6.07) is 5.72. The molecule has 0 saturated carbocycles. The standard InChI is InChI=1S/C14H21BrO6P2/c1-18-22(16,19-2)12-7-10-5-6-11(15)8-13(10)14(9-12)23(17,20-3)21-4/h5-6,8,12,14H,7,9H2,1-4H3. The van der Waals surface area contributed by atoms with Gasteiger partial charge in [-0.3, -0.25) is 9.13 Å². The zero-order chi connectivity index (χ0) is 17.3. The fourth-order valence-corrected chi connectivity index (χ4v) is 6.96. The molecule has 0 spiro atoms. The summed E-state index contributed by atoms with van der Waals surface area (Å²) in [5.74, 6) is 0. The second-order valence-electron chi connectivity index (χ2n) is 5.26. The first-order valence-corrected chi connectivity index (χ1v) is 11.1. The number of hydrogen-bond acceptors (Lipinski definition) is 6. The number of benzene rings is 1. The summed E-state index contributed by atoms with van der Waals surface area (Å²) in [7, 11) is -1.24. The van der Waals surface area contributed by atoms with Crippen LogP contribution in [0.15, 0.2) is 22.7 Å². The van der Waals surface area contributed by atoms with Gasteiger partial charge < -0.3 is 18.1 Å². The molecule has 130 valence electrons. The molecule has 2 unspecified atom stereocenters. The maximum atomic E-state index is 13.0. The third-order valence-electron chi connectivity index (χ3n) is 4.26.